The van der Waals surface area contributed by atoms with E-state index in [1.54, 1.807) is 0 Å². The Balaban J connectivity index is 3.58. The number of unbranched alkanes of at least 4 members (excludes halogenated alkanes) is 8. The molecule has 0 heterocycles. The second-order valence-electron chi connectivity index (χ2n) is 5.85. The Hall–Kier alpha value is -0.0800. The van der Waals surface area contributed by atoms with E-state index in [-0.39, 0.29) is 12.1 Å². The van der Waals surface area contributed by atoms with Crippen LogP contribution >= 0.6 is 0 Å². The smallest absolute Gasteiger partial charge is 0.0611 e. The van der Waals surface area contributed by atoms with Gasteiger partial charge in [-0.15, -0.1) is 0 Å². The fourth-order valence-electron chi connectivity index (χ4n) is 2.44. The van der Waals surface area contributed by atoms with Crippen molar-refractivity contribution in [1.82, 2.24) is 0 Å². The Morgan fingerprint density at radius 3 is 1.56 bits per heavy atom. The predicted octanol–water partition coefficient (Wildman–Crippen LogP) is 4.40. The molecule has 0 aromatic carbocycles. The molecule has 18 heavy (non-hydrogen) atoms. The molecule has 0 saturated heterocycles. The lowest BCUT2D eigenvalue weighted by Gasteiger charge is -2.27. The summed E-state index contributed by atoms with van der Waals surface area (Å²) in [5.74, 6) is 0. The van der Waals surface area contributed by atoms with Crippen molar-refractivity contribution in [2.45, 2.75) is 96.4 Å². The van der Waals surface area contributed by atoms with Crippen LogP contribution in [0.4, 0.5) is 0 Å². The lowest BCUT2D eigenvalue weighted by atomic mass is 9.88. The topological polar surface area (TPSA) is 46.2 Å². The molecule has 0 aliphatic heterocycles. The number of rotatable bonds is 13. The first kappa shape index (κ1) is 17.9. The van der Waals surface area contributed by atoms with E-state index in [1.807, 2.05) is 0 Å². The van der Waals surface area contributed by atoms with Gasteiger partial charge in [-0.05, 0) is 12.8 Å². The number of nitrogens with two attached hydrogens (primary N) is 1. The molecular formula is C16H35NO. The number of hydrogen-bond acceptors (Lipinski definition) is 2. The van der Waals surface area contributed by atoms with Gasteiger partial charge in [0.25, 0.3) is 0 Å². The van der Waals surface area contributed by atoms with Crippen LogP contribution < -0.4 is 5.73 Å². The second-order valence-corrected chi connectivity index (χ2v) is 5.85. The maximum atomic E-state index is 9.46. The Morgan fingerprint density at radius 2 is 1.11 bits per heavy atom. The minimum Gasteiger partial charge on any atom is -0.394 e. The van der Waals surface area contributed by atoms with Crippen LogP contribution in [0.15, 0.2) is 0 Å². The highest BCUT2D eigenvalue weighted by Gasteiger charge is 2.22. The largest absolute Gasteiger partial charge is 0.394 e. The van der Waals surface area contributed by atoms with Crippen LogP contribution in [0.1, 0.15) is 90.9 Å². The highest BCUT2D eigenvalue weighted by molar-refractivity contribution is 4.83. The first-order valence-corrected chi connectivity index (χ1v) is 8.08. The molecule has 2 heteroatoms. The molecule has 0 aliphatic carbocycles. The zero-order valence-electron chi connectivity index (χ0n) is 12.7. The van der Waals surface area contributed by atoms with Gasteiger partial charge in [0.1, 0.15) is 0 Å². The van der Waals surface area contributed by atoms with Gasteiger partial charge in [-0.25, -0.2) is 0 Å². The normalized spacial score (nSPS) is 14.7. The van der Waals surface area contributed by atoms with Crippen molar-refractivity contribution in [3.63, 3.8) is 0 Å². The van der Waals surface area contributed by atoms with Crippen molar-refractivity contribution in [2.75, 3.05) is 6.61 Å². The van der Waals surface area contributed by atoms with Gasteiger partial charge in [-0.2, -0.15) is 0 Å². The molecule has 0 bridgehead atoms. The average Bonchev–Trinajstić information content (AvgIpc) is 2.39. The zero-order valence-corrected chi connectivity index (χ0v) is 12.7. The molecule has 0 rings (SSSR count). The van der Waals surface area contributed by atoms with Crippen LogP contribution in [0.5, 0.6) is 0 Å². The third-order valence-electron chi connectivity index (χ3n) is 3.87. The summed E-state index contributed by atoms with van der Waals surface area (Å²) >= 11 is 0. The van der Waals surface area contributed by atoms with Gasteiger partial charge < -0.3 is 10.8 Å². The fraction of sp³-hybridized carbons (Fsp3) is 1.00. The Kier molecular flexibility index (Phi) is 11.9. The van der Waals surface area contributed by atoms with Crippen LogP contribution in [-0.2, 0) is 0 Å². The van der Waals surface area contributed by atoms with Crippen LogP contribution in [0, 0.1) is 0 Å². The Bertz CT molecular complexity index is 172. The summed E-state index contributed by atoms with van der Waals surface area (Å²) < 4.78 is 0. The summed E-state index contributed by atoms with van der Waals surface area (Å²) in [6, 6.07) is 0. The third kappa shape index (κ3) is 9.90. The van der Waals surface area contributed by atoms with E-state index in [9.17, 15) is 5.11 Å². The van der Waals surface area contributed by atoms with Gasteiger partial charge in [0, 0.05) is 5.54 Å². The van der Waals surface area contributed by atoms with Gasteiger partial charge >= 0.3 is 0 Å². The molecule has 2 nitrogen and oxygen atoms in total. The van der Waals surface area contributed by atoms with Crippen LogP contribution in [0.2, 0.25) is 0 Å². The van der Waals surface area contributed by atoms with E-state index in [1.165, 1.54) is 64.2 Å². The molecule has 0 aromatic heterocycles. The fourth-order valence-corrected chi connectivity index (χ4v) is 2.44. The molecule has 0 spiro atoms. The summed E-state index contributed by atoms with van der Waals surface area (Å²) in [7, 11) is 0. The Morgan fingerprint density at radius 1 is 0.722 bits per heavy atom. The maximum absolute atomic E-state index is 9.46. The van der Waals surface area contributed by atoms with E-state index in [0.717, 1.165) is 12.8 Å². The van der Waals surface area contributed by atoms with E-state index in [0.29, 0.717) is 0 Å². The molecule has 110 valence electrons. The molecule has 1 atom stereocenters. The monoisotopic (exact) mass is 257 g/mol. The van der Waals surface area contributed by atoms with Gasteiger partial charge in [0.05, 0.1) is 6.61 Å². The number of aliphatic hydroxyl groups is 1. The molecule has 0 amide bonds. The number of aliphatic hydroxyl groups excluding tert-OH is 1. The lowest BCUT2D eigenvalue weighted by Crippen LogP contribution is -2.43. The summed E-state index contributed by atoms with van der Waals surface area (Å²) in [5.41, 5.74) is 5.96. The lowest BCUT2D eigenvalue weighted by molar-refractivity contribution is 0.171. The first-order valence-electron chi connectivity index (χ1n) is 8.08. The maximum Gasteiger partial charge on any atom is 0.0611 e. The van der Waals surface area contributed by atoms with Gasteiger partial charge in [-0.3, -0.25) is 0 Å². The van der Waals surface area contributed by atoms with Crippen molar-refractivity contribution in [3.05, 3.63) is 0 Å². The van der Waals surface area contributed by atoms with Gasteiger partial charge in [0.15, 0.2) is 0 Å². The van der Waals surface area contributed by atoms with Crippen molar-refractivity contribution in [2.24, 2.45) is 5.73 Å². The first-order chi connectivity index (χ1) is 8.68. The highest BCUT2D eigenvalue weighted by Crippen LogP contribution is 2.20. The molecule has 0 saturated carbocycles. The van der Waals surface area contributed by atoms with E-state index in [4.69, 9.17) is 5.73 Å². The molecule has 0 fully saturated rings. The molecule has 0 aromatic rings. The van der Waals surface area contributed by atoms with E-state index < -0.39 is 0 Å². The van der Waals surface area contributed by atoms with Crippen LogP contribution in [-0.4, -0.2) is 17.3 Å². The van der Waals surface area contributed by atoms with Crippen molar-refractivity contribution < 1.29 is 5.11 Å². The minimum absolute atomic E-state index is 0.147. The van der Waals surface area contributed by atoms with Crippen LogP contribution in [0.3, 0.4) is 0 Å². The average molecular weight is 257 g/mol. The van der Waals surface area contributed by atoms with E-state index in [2.05, 4.69) is 13.8 Å². The summed E-state index contributed by atoms with van der Waals surface area (Å²) in [5, 5.41) is 9.46. The van der Waals surface area contributed by atoms with Crippen LogP contribution in [0.25, 0.3) is 0 Å². The van der Waals surface area contributed by atoms with Crippen molar-refractivity contribution in [1.29, 1.82) is 0 Å². The molecule has 1 unspecified atom stereocenters. The third-order valence-corrected chi connectivity index (χ3v) is 3.87. The molecule has 0 radical (unpaired) electrons. The highest BCUT2D eigenvalue weighted by atomic mass is 16.3. The zero-order chi connectivity index (χ0) is 13.7. The molecule has 3 N–H and O–H groups in total. The quantitative estimate of drug-likeness (QED) is 0.480. The van der Waals surface area contributed by atoms with Gasteiger partial charge in [-0.1, -0.05) is 78.1 Å². The van der Waals surface area contributed by atoms with Crippen molar-refractivity contribution >= 4 is 0 Å². The summed E-state index contributed by atoms with van der Waals surface area (Å²) in [6.45, 7) is 4.61. The van der Waals surface area contributed by atoms with Crippen molar-refractivity contribution in [3.8, 4) is 0 Å². The number of hydrogen-bond donors (Lipinski definition) is 2. The van der Waals surface area contributed by atoms with E-state index >= 15 is 0 Å². The molecule has 0 aliphatic rings. The second kappa shape index (κ2) is 12.0. The predicted molar refractivity (Wildman–Crippen MR) is 80.8 cm³/mol. The molecular weight excluding hydrogens is 222 g/mol. The summed E-state index contributed by atoms with van der Waals surface area (Å²) in [6.07, 6.45) is 14.7. The van der Waals surface area contributed by atoms with Gasteiger partial charge in [0.2, 0.25) is 0 Å². The summed E-state index contributed by atoms with van der Waals surface area (Å²) in [4.78, 5) is 0. The Labute approximate surface area is 114 Å². The standard InChI is InChI=1S/C16H35NO/c1-3-5-7-9-10-12-14-16(17,15-18)13-11-8-6-4-2/h18H,3-15,17H2,1-2H3. The SMILES string of the molecule is CCCCCCCCC(N)(CO)CCCCCC. The minimum atomic E-state index is -0.307.